The van der Waals surface area contributed by atoms with Gasteiger partial charge in [0.25, 0.3) is 0 Å². The van der Waals surface area contributed by atoms with E-state index in [9.17, 15) is 0 Å². The summed E-state index contributed by atoms with van der Waals surface area (Å²) in [6, 6.07) is 67.7. The predicted molar refractivity (Wildman–Crippen MR) is 265 cm³/mol. The number of furan rings is 1. The molecule has 0 bridgehead atoms. The molecule has 0 saturated carbocycles. The molecule has 0 radical (unpaired) electrons. The Morgan fingerprint density at radius 1 is 0.469 bits per heavy atom. The van der Waals surface area contributed by atoms with Crippen LogP contribution in [-0.4, -0.2) is 19.5 Å². The molecule has 6 heteroatoms. The van der Waals surface area contributed by atoms with Gasteiger partial charge in [-0.3, -0.25) is 4.57 Å². The number of thiophene rings is 1. The molecular formula is C58H36N4OS. The predicted octanol–water partition coefficient (Wildman–Crippen LogP) is 15.5. The lowest BCUT2D eigenvalue weighted by Crippen LogP contribution is -2.07. The molecule has 0 N–H and O–H groups in total. The zero-order valence-electron chi connectivity index (χ0n) is 34.5. The Hall–Kier alpha value is -7.93. The molecule has 14 rings (SSSR count). The molecule has 0 aliphatic heterocycles. The van der Waals surface area contributed by atoms with Crippen molar-refractivity contribution in [2.75, 3.05) is 0 Å². The van der Waals surface area contributed by atoms with Crippen molar-refractivity contribution in [2.24, 2.45) is 0 Å². The van der Waals surface area contributed by atoms with Gasteiger partial charge >= 0.3 is 0 Å². The van der Waals surface area contributed by atoms with E-state index in [-0.39, 0.29) is 5.92 Å². The van der Waals surface area contributed by atoms with Gasteiger partial charge in [0, 0.05) is 64.3 Å². The molecule has 64 heavy (non-hydrogen) atoms. The van der Waals surface area contributed by atoms with Crippen LogP contribution in [0.25, 0.3) is 115 Å². The van der Waals surface area contributed by atoms with Gasteiger partial charge in [0.05, 0.1) is 11.0 Å². The van der Waals surface area contributed by atoms with Gasteiger partial charge in [0.1, 0.15) is 11.2 Å². The molecule has 0 spiro atoms. The Morgan fingerprint density at radius 3 is 1.95 bits per heavy atom. The zero-order valence-corrected chi connectivity index (χ0v) is 35.3. The Kier molecular flexibility index (Phi) is 7.68. The Morgan fingerprint density at radius 2 is 1.12 bits per heavy atom. The molecule has 1 aliphatic carbocycles. The number of fused-ring (bicyclic) bond motifs is 13. The summed E-state index contributed by atoms with van der Waals surface area (Å²) in [4.78, 5) is 16.3. The summed E-state index contributed by atoms with van der Waals surface area (Å²) in [6.45, 7) is 0. The summed E-state index contributed by atoms with van der Waals surface area (Å²) in [5, 5.41) is 9.47. The summed E-state index contributed by atoms with van der Waals surface area (Å²) < 4.78 is 11.6. The van der Waals surface area contributed by atoms with Crippen molar-refractivity contribution in [2.45, 2.75) is 18.8 Å². The van der Waals surface area contributed by atoms with Crippen LogP contribution in [0, 0.1) is 0 Å². The minimum atomic E-state index is 0.0446. The van der Waals surface area contributed by atoms with E-state index in [1.165, 1.54) is 53.2 Å². The van der Waals surface area contributed by atoms with Gasteiger partial charge in [0.2, 0.25) is 5.95 Å². The summed E-state index contributed by atoms with van der Waals surface area (Å²) >= 11 is 1.80. The summed E-state index contributed by atoms with van der Waals surface area (Å²) in [7, 11) is 0. The van der Waals surface area contributed by atoms with Crippen LogP contribution in [0.3, 0.4) is 0 Å². The van der Waals surface area contributed by atoms with Crippen molar-refractivity contribution in [1.82, 2.24) is 19.5 Å². The lowest BCUT2D eigenvalue weighted by molar-refractivity contribution is 0.647. The molecule has 5 nitrogen and oxygen atoms in total. The number of aromatic nitrogens is 4. The normalized spacial score (nSPS) is 14.0. The van der Waals surface area contributed by atoms with E-state index in [0.29, 0.717) is 17.6 Å². The maximum Gasteiger partial charge on any atom is 0.238 e. The van der Waals surface area contributed by atoms with Crippen molar-refractivity contribution in [3.63, 3.8) is 0 Å². The number of aryl methyl sites for hydroxylation is 1. The summed E-state index contributed by atoms with van der Waals surface area (Å²) in [5.74, 6) is 1.86. The molecule has 4 aromatic heterocycles. The van der Waals surface area contributed by atoms with Crippen molar-refractivity contribution >= 4 is 86.0 Å². The second kappa shape index (κ2) is 13.8. The molecule has 0 amide bonds. The van der Waals surface area contributed by atoms with Crippen LogP contribution >= 0.6 is 11.3 Å². The number of para-hydroxylation sites is 3. The molecular weight excluding hydrogens is 801 g/mol. The van der Waals surface area contributed by atoms with E-state index >= 15 is 0 Å². The Balaban J connectivity index is 1.03. The number of hydrogen-bond donors (Lipinski definition) is 0. The topological polar surface area (TPSA) is 56.7 Å². The van der Waals surface area contributed by atoms with Gasteiger partial charge in [-0.25, -0.2) is 4.98 Å². The van der Waals surface area contributed by atoms with E-state index < -0.39 is 0 Å². The highest BCUT2D eigenvalue weighted by atomic mass is 32.1. The van der Waals surface area contributed by atoms with E-state index in [1.807, 2.05) is 0 Å². The lowest BCUT2D eigenvalue weighted by atomic mass is 9.84. The van der Waals surface area contributed by atoms with Crippen LogP contribution in [0.15, 0.2) is 192 Å². The van der Waals surface area contributed by atoms with Crippen molar-refractivity contribution in [3.8, 4) is 39.9 Å². The highest BCUT2D eigenvalue weighted by Crippen LogP contribution is 2.47. The lowest BCUT2D eigenvalue weighted by Gasteiger charge is -2.20. The highest BCUT2D eigenvalue weighted by Gasteiger charge is 2.29. The maximum atomic E-state index is 6.91. The number of rotatable bonds is 4. The fraction of sp³-hybridized carbons (Fsp3) is 0.0517. The van der Waals surface area contributed by atoms with Crippen molar-refractivity contribution in [1.29, 1.82) is 0 Å². The minimum Gasteiger partial charge on any atom is -0.456 e. The monoisotopic (exact) mass is 836 g/mol. The van der Waals surface area contributed by atoms with Crippen LogP contribution in [0.5, 0.6) is 0 Å². The average Bonchev–Trinajstić information content (AvgIpc) is 4.00. The van der Waals surface area contributed by atoms with E-state index in [1.54, 1.807) is 11.3 Å². The standard InChI is InChI=1S/C58H36N4OS/c1-2-14-35-30-47-36(29-34(35)13-1)25-27-41(39-15-3-4-16-40(39)47)48-31-38(32-49-44-19-7-11-23-52(44)63-55(48)49)57-59-56(37-26-28-46-45-20-8-12-24-53(45)64-54(46)33-37)60-58(61-57)62-50-21-9-5-17-42(50)43-18-6-10-22-51(43)62/h1-24,26,28-33,41H,25,27H2. The quantitative estimate of drug-likeness (QED) is 0.177. The second-order valence-corrected chi connectivity index (χ2v) is 18.1. The Labute approximate surface area is 371 Å². The van der Waals surface area contributed by atoms with Gasteiger partial charge in [0.15, 0.2) is 11.6 Å². The maximum absolute atomic E-state index is 6.91. The van der Waals surface area contributed by atoms with E-state index in [2.05, 4.69) is 193 Å². The molecule has 13 aromatic rings. The van der Waals surface area contributed by atoms with Crippen molar-refractivity contribution < 1.29 is 4.42 Å². The van der Waals surface area contributed by atoms with Gasteiger partial charge < -0.3 is 4.42 Å². The molecule has 1 aliphatic rings. The third-order valence-corrected chi connectivity index (χ3v) is 14.6. The largest absolute Gasteiger partial charge is 0.456 e. The third-order valence-electron chi connectivity index (χ3n) is 13.5. The third kappa shape index (κ3) is 5.39. The number of nitrogens with zero attached hydrogens (tertiary/aromatic N) is 4. The summed E-state index contributed by atoms with van der Waals surface area (Å²) in [5.41, 5.74) is 12.1. The molecule has 300 valence electrons. The highest BCUT2D eigenvalue weighted by molar-refractivity contribution is 7.25. The minimum absolute atomic E-state index is 0.0446. The molecule has 1 unspecified atom stereocenters. The van der Waals surface area contributed by atoms with E-state index in [4.69, 9.17) is 19.4 Å². The Bertz CT molecular complexity index is 4010. The first kappa shape index (κ1) is 35.6. The van der Waals surface area contributed by atoms with Crippen LogP contribution in [-0.2, 0) is 6.42 Å². The van der Waals surface area contributed by atoms with Crippen LogP contribution in [0.2, 0.25) is 0 Å². The number of benzene rings is 9. The molecule has 0 saturated heterocycles. The molecule has 1 atom stereocenters. The molecule has 4 heterocycles. The fourth-order valence-electron chi connectivity index (χ4n) is 10.5. The van der Waals surface area contributed by atoms with Gasteiger partial charge in [-0.05, 0) is 94.4 Å². The van der Waals surface area contributed by atoms with Gasteiger partial charge in [-0.1, -0.05) is 140 Å². The molecule has 0 fully saturated rings. The van der Waals surface area contributed by atoms with Crippen LogP contribution in [0.4, 0.5) is 0 Å². The van der Waals surface area contributed by atoms with Crippen LogP contribution in [0.1, 0.15) is 29.0 Å². The van der Waals surface area contributed by atoms with Crippen LogP contribution < -0.4 is 0 Å². The first-order chi connectivity index (χ1) is 31.7. The van der Waals surface area contributed by atoms with Gasteiger partial charge in [-0.2, -0.15) is 9.97 Å². The summed E-state index contributed by atoms with van der Waals surface area (Å²) in [6.07, 6.45) is 1.85. The molecule has 9 aromatic carbocycles. The van der Waals surface area contributed by atoms with Gasteiger partial charge in [-0.15, -0.1) is 11.3 Å². The van der Waals surface area contributed by atoms with Crippen molar-refractivity contribution in [3.05, 3.63) is 205 Å². The number of hydrogen-bond acceptors (Lipinski definition) is 5. The first-order valence-electron chi connectivity index (χ1n) is 21.9. The zero-order chi connectivity index (χ0) is 41.9. The smallest absolute Gasteiger partial charge is 0.238 e. The first-order valence-corrected chi connectivity index (χ1v) is 22.7. The second-order valence-electron chi connectivity index (χ2n) is 17.0. The average molecular weight is 837 g/mol. The fourth-order valence-corrected chi connectivity index (χ4v) is 11.7. The van der Waals surface area contributed by atoms with E-state index in [0.717, 1.165) is 73.3 Å². The SMILES string of the molecule is c1ccc2c(c1)-c1cc3ccccc3cc1CCC2c1cc(-c2nc(-c3ccc4c(c3)sc3ccccc34)nc(-n3c4ccccc4c4ccccc43)n2)cc2c1oc1ccccc12.